The van der Waals surface area contributed by atoms with Crippen molar-refractivity contribution >= 4 is 16.9 Å². The largest absolute Gasteiger partial charge is 0.361 e. The van der Waals surface area contributed by atoms with Crippen molar-refractivity contribution in [2.24, 2.45) is 5.73 Å². The lowest BCUT2D eigenvalue weighted by Gasteiger charge is -2.24. The van der Waals surface area contributed by atoms with Crippen molar-refractivity contribution in [1.29, 1.82) is 0 Å². The summed E-state index contributed by atoms with van der Waals surface area (Å²) in [4.78, 5) is 14.0. The van der Waals surface area contributed by atoms with Crippen LogP contribution in [0.4, 0.5) is 4.79 Å². The van der Waals surface area contributed by atoms with Gasteiger partial charge in [-0.15, -0.1) is 0 Å². The number of primary amides is 1. The molecule has 2 aromatic rings. The first kappa shape index (κ1) is 11.5. The fraction of sp³-hybridized carbons (Fsp3) is 0.308. The van der Waals surface area contributed by atoms with Crippen LogP contribution < -0.4 is 11.1 Å². The minimum absolute atomic E-state index is 0.158. The van der Waals surface area contributed by atoms with Gasteiger partial charge in [0.15, 0.2) is 0 Å². The lowest BCUT2D eigenvalue weighted by atomic mass is 9.84. The maximum Gasteiger partial charge on any atom is 0.312 e. The monoisotopic (exact) mass is 231 g/mol. The Morgan fingerprint density at radius 2 is 2.12 bits per heavy atom. The van der Waals surface area contributed by atoms with Crippen molar-refractivity contribution in [2.45, 2.75) is 19.3 Å². The van der Waals surface area contributed by atoms with Crippen LogP contribution in [-0.2, 0) is 5.41 Å². The van der Waals surface area contributed by atoms with Crippen LogP contribution >= 0.6 is 0 Å². The number of nitrogens with one attached hydrogen (secondary N) is 2. The molecule has 0 aliphatic heterocycles. The molecule has 0 saturated heterocycles. The number of carbonyl (C=O) groups is 1. The highest BCUT2D eigenvalue weighted by atomic mass is 16.2. The Bertz CT molecular complexity index is 542. The van der Waals surface area contributed by atoms with Crippen molar-refractivity contribution in [3.05, 3.63) is 36.0 Å². The number of hydrogen-bond donors (Lipinski definition) is 3. The van der Waals surface area contributed by atoms with Gasteiger partial charge in [0.2, 0.25) is 0 Å². The van der Waals surface area contributed by atoms with E-state index >= 15 is 0 Å². The van der Waals surface area contributed by atoms with E-state index in [1.165, 1.54) is 10.9 Å². The minimum Gasteiger partial charge on any atom is -0.361 e. The predicted molar refractivity (Wildman–Crippen MR) is 68.9 cm³/mol. The molecular weight excluding hydrogens is 214 g/mol. The number of fused-ring (bicyclic) bond motifs is 1. The molecule has 0 fully saturated rings. The summed E-state index contributed by atoms with van der Waals surface area (Å²) in [6.07, 6.45) is 1.99. The highest BCUT2D eigenvalue weighted by Gasteiger charge is 2.24. The molecular formula is C13H17N3O. The van der Waals surface area contributed by atoms with Gasteiger partial charge in [-0.2, -0.15) is 0 Å². The molecule has 0 saturated carbocycles. The number of benzene rings is 1. The zero-order valence-corrected chi connectivity index (χ0v) is 10.1. The van der Waals surface area contributed by atoms with Gasteiger partial charge in [0.1, 0.15) is 0 Å². The van der Waals surface area contributed by atoms with E-state index < -0.39 is 6.03 Å². The molecule has 4 nitrogen and oxygen atoms in total. The smallest absolute Gasteiger partial charge is 0.312 e. The number of aromatic nitrogens is 1. The molecule has 4 heteroatoms. The van der Waals surface area contributed by atoms with Crippen molar-refractivity contribution in [3.8, 4) is 0 Å². The minimum atomic E-state index is -0.488. The molecule has 1 aromatic heterocycles. The summed E-state index contributed by atoms with van der Waals surface area (Å²) in [5.74, 6) is 0. The molecule has 1 heterocycles. The van der Waals surface area contributed by atoms with Gasteiger partial charge in [-0.25, -0.2) is 4.79 Å². The summed E-state index contributed by atoms with van der Waals surface area (Å²) in [5.41, 5.74) is 7.24. The van der Waals surface area contributed by atoms with Gasteiger partial charge in [-0.3, -0.25) is 0 Å². The van der Waals surface area contributed by atoms with Gasteiger partial charge in [0, 0.05) is 29.1 Å². The van der Waals surface area contributed by atoms with Gasteiger partial charge in [0.05, 0.1) is 0 Å². The topological polar surface area (TPSA) is 70.9 Å². The molecule has 0 aliphatic rings. The Hall–Kier alpha value is -1.97. The highest BCUT2D eigenvalue weighted by molar-refractivity contribution is 5.84. The molecule has 0 bridgehead atoms. The fourth-order valence-corrected chi connectivity index (χ4v) is 2.03. The Kier molecular flexibility index (Phi) is 2.79. The summed E-state index contributed by atoms with van der Waals surface area (Å²) in [5, 5.41) is 3.85. The van der Waals surface area contributed by atoms with Gasteiger partial charge < -0.3 is 16.0 Å². The van der Waals surface area contributed by atoms with Crippen LogP contribution in [0, 0.1) is 0 Å². The number of aromatic amines is 1. The third-order valence-corrected chi connectivity index (χ3v) is 3.02. The second-order valence-corrected chi connectivity index (χ2v) is 4.85. The summed E-state index contributed by atoms with van der Waals surface area (Å²) < 4.78 is 0. The van der Waals surface area contributed by atoms with E-state index in [1.807, 2.05) is 24.4 Å². The van der Waals surface area contributed by atoms with E-state index in [0.717, 1.165) is 5.52 Å². The van der Waals surface area contributed by atoms with Crippen LogP contribution in [0.5, 0.6) is 0 Å². The quantitative estimate of drug-likeness (QED) is 0.744. The molecule has 17 heavy (non-hydrogen) atoms. The van der Waals surface area contributed by atoms with Gasteiger partial charge in [-0.1, -0.05) is 32.0 Å². The zero-order chi connectivity index (χ0) is 12.5. The first-order valence-corrected chi connectivity index (χ1v) is 5.60. The average molecular weight is 231 g/mol. The predicted octanol–water partition coefficient (Wildman–Crippen LogP) is 2.11. The Balaban J connectivity index is 2.35. The molecule has 2 rings (SSSR count). The van der Waals surface area contributed by atoms with Gasteiger partial charge in [-0.05, 0) is 11.6 Å². The number of para-hydroxylation sites is 1. The molecule has 0 aliphatic carbocycles. The second-order valence-electron chi connectivity index (χ2n) is 4.85. The van der Waals surface area contributed by atoms with Crippen LogP contribution in [0.15, 0.2) is 30.5 Å². The summed E-state index contributed by atoms with van der Waals surface area (Å²) in [6.45, 7) is 4.68. The van der Waals surface area contributed by atoms with Crippen LogP contribution in [0.25, 0.3) is 10.9 Å². The maximum absolute atomic E-state index is 10.8. The molecule has 1 aromatic carbocycles. The van der Waals surface area contributed by atoms with Crippen molar-refractivity contribution < 1.29 is 4.79 Å². The van der Waals surface area contributed by atoms with E-state index in [9.17, 15) is 4.79 Å². The van der Waals surface area contributed by atoms with E-state index in [-0.39, 0.29) is 5.41 Å². The normalized spacial score (nSPS) is 11.6. The van der Waals surface area contributed by atoms with E-state index in [1.54, 1.807) is 0 Å². The summed E-state index contributed by atoms with van der Waals surface area (Å²) >= 11 is 0. The first-order valence-electron chi connectivity index (χ1n) is 5.60. The zero-order valence-electron chi connectivity index (χ0n) is 10.1. The number of amides is 2. The number of urea groups is 1. The van der Waals surface area contributed by atoms with Gasteiger partial charge >= 0.3 is 6.03 Å². The van der Waals surface area contributed by atoms with Gasteiger partial charge in [0.25, 0.3) is 0 Å². The van der Waals surface area contributed by atoms with Crippen LogP contribution in [0.1, 0.15) is 19.4 Å². The average Bonchev–Trinajstić information content (AvgIpc) is 2.71. The van der Waals surface area contributed by atoms with Crippen LogP contribution in [0.2, 0.25) is 0 Å². The molecule has 90 valence electrons. The Morgan fingerprint density at radius 1 is 1.41 bits per heavy atom. The SMILES string of the molecule is CC(C)(CNC(N)=O)c1c[nH]c2ccccc12. The second kappa shape index (κ2) is 4.13. The Labute approximate surface area is 100 Å². The maximum atomic E-state index is 10.8. The number of nitrogens with two attached hydrogens (primary N) is 1. The lowest BCUT2D eigenvalue weighted by molar-refractivity contribution is 0.246. The summed E-state index contributed by atoms with van der Waals surface area (Å²) in [6, 6.07) is 7.64. The molecule has 2 amide bonds. The highest BCUT2D eigenvalue weighted by Crippen LogP contribution is 2.29. The molecule has 4 N–H and O–H groups in total. The summed E-state index contributed by atoms with van der Waals surface area (Å²) in [7, 11) is 0. The third kappa shape index (κ3) is 2.25. The van der Waals surface area contributed by atoms with Crippen LogP contribution in [-0.4, -0.2) is 17.6 Å². The number of carbonyl (C=O) groups excluding carboxylic acids is 1. The molecule has 0 atom stereocenters. The molecule has 0 unspecified atom stereocenters. The van der Waals surface area contributed by atoms with E-state index in [0.29, 0.717) is 6.54 Å². The van der Waals surface area contributed by atoms with Crippen molar-refractivity contribution in [1.82, 2.24) is 10.3 Å². The number of H-pyrrole nitrogens is 1. The standard InChI is InChI=1S/C13H17N3O/c1-13(2,8-16-12(14)17)10-7-15-11-6-4-3-5-9(10)11/h3-7,15H,8H2,1-2H3,(H3,14,16,17). The fourth-order valence-electron chi connectivity index (χ4n) is 2.03. The molecule has 0 spiro atoms. The van der Waals surface area contributed by atoms with E-state index in [4.69, 9.17) is 5.73 Å². The van der Waals surface area contributed by atoms with Crippen molar-refractivity contribution in [2.75, 3.05) is 6.54 Å². The van der Waals surface area contributed by atoms with Crippen molar-refractivity contribution in [3.63, 3.8) is 0 Å². The van der Waals surface area contributed by atoms with Crippen LogP contribution in [0.3, 0.4) is 0 Å². The van der Waals surface area contributed by atoms with E-state index in [2.05, 4.69) is 30.2 Å². The lowest BCUT2D eigenvalue weighted by Crippen LogP contribution is -2.39. The molecule has 0 radical (unpaired) electrons. The first-order chi connectivity index (χ1) is 8.00. The number of rotatable bonds is 3. The third-order valence-electron chi connectivity index (χ3n) is 3.02. The Morgan fingerprint density at radius 3 is 2.82 bits per heavy atom. The number of hydrogen-bond acceptors (Lipinski definition) is 1.